The van der Waals surface area contributed by atoms with Crippen molar-refractivity contribution in [2.24, 2.45) is 0 Å². The first kappa shape index (κ1) is 21.4. The van der Waals surface area contributed by atoms with Crippen LogP contribution >= 0.6 is 22.7 Å². The van der Waals surface area contributed by atoms with Crippen LogP contribution in [0.25, 0.3) is 21.5 Å². The lowest BCUT2D eigenvalue weighted by molar-refractivity contribution is 0.0564. The van der Waals surface area contributed by atoms with Gasteiger partial charge in [0.05, 0.1) is 30.7 Å². The first-order valence-corrected chi connectivity index (χ1v) is 12.3. The number of rotatable bonds is 4. The number of aromatic nitrogens is 2. The number of piperazine rings is 1. The van der Waals surface area contributed by atoms with Crippen molar-refractivity contribution in [3.05, 3.63) is 17.5 Å². The smallest absolute Gasteiger partial charge is 0.323 e. The van der Waals surface area contributed by atoms with Gasteiger partial charge < -0.3 is 24.2 Å². The van der Waals surface area contributed by atoms with Gasteiger partial charge in [0.1, 0.15) is 11.3 Å². The number of urea groups is 1. The average molecular weight is 475 g/mol. The van der Waals surface area contributed by atoms with E-state index in [2.05, 4.69) is 32.5 Å². The van der Waals surface area contributed by atoms with Crippen LogP contribution in [0.4, 0.5) is 15.1 Å². The molecule has 1 N–H and O–H groups in total. The van der Waals surface area contributed by atoms with Gasteiger partial charge in [0.15, 0.2) is 10.3 Å². The number of methoxy groups -OCH3 is 1. The van der Waals surface area contributed by atoms with Crippen LogP contribution < -0.4 is 15.0 Å². The molecule has 2 aliphatic rings. The van der Waals surface area contributed by atoms with Gasteiger partial charge in [-0.3, -0.25) is 5.32 Å². The monoisotopic (exact) mass is 474 g/mol. The van der Waals surface area contributed by atoms with E-state index >= 15 is 0 Å². The largest absolute Gasteiger partial charge is 0.494 e. The Morgan fingerprint density at radius 2 is 1.91 bits per heavy atom. The predicted octanol–water partition coefficient (Wildman–Crippen LogP) is 3.04. The number of hydrogen-bond donors (Lipinski definition) is 1. The van der Waals surface area contributed by atoms with E-state index in [1.165, 1.54) is 11.3 Å². The molecule has 3 aromatic rings. The fourth-order valence-corrected chi connectivity index (χ4v) is 5.74. The first-order valence-electron chi connectivity index (χ1n) is 10.6. The fraction of sp³-hybridized carbons (Fsp3) is 0.476. The third-order valence-corrected chi connectivity index (χ3v) is 7.69. The minimum atomic E-state index is -0.154. The Hall–Kier alpha value is -2.47. The average Bonchev–Trinajstić information content (AvgIpc) is 3.47. The molecule has 4 heterocycles. The molecule has 2 fully saturated rings. The van der Waals surface area contributed by atoms with Gasteiger partial charge in [-0.05, 0) is 19.2 Å². The van der Waals surface area contributed by atoms with Gasteiger partial charge in [0.2, 0.25) is 0 Å². The standard InChI is InChI=1S/C21H26N6O3S2/c1-25-5-7-27(8-6-25)21-22-15(13-31-21)14-3-4-16(29-2)17-18(14)32-19(23-17)24-20(28)26-9-11-30-12-10-26/h3-4,13H,5-12H2,1-2H3,(H,23,24,28). The number of hydrogen-bond acceptors (Lipinski definition) is 9. The number of amides is 2. The van der Waals surface area contributed by atoms with E-state index in [4.69, 9.17) is 14.5 Å². The molecule has 0 spiro atoms. The molecule has 9 nitrogen and oxygen atoms in total. The zero-order chi connectivity index (χ0) is 22.1. The van der Waals surface area contributed by atoms with E-state index < -0.39 is 0 Å². The van der Waals surface area contributed by atoms with Crippen LogP contribution in [0.1, 0.15) is 0 Å². The third kappa shape index (κ3) is 4.25. The second-order valence-corrected chi connectivity index (χ2v) is 9.68. The number of carbonyl (C=O) groups is 1. The number of nitrogens with zero attached hydrogens (tertiary/aromatic N) is 5. The fourth-order valence-electron chi connectivity index (χ4n) is 3.87. The maximum atomic E-state index is 12.6. The highest BCUT2D eigenvalue weighted by atomic mass is 32.1. The van der Waals surface area contributed by atoms with E-state index in [-0.39, 0.29) is 6.03 Å². The molecule has 0 radical (unpaired) electrons. The van der Waals surface area contributed by atoms with Crippen LogP contribution in [-0.4, -0.2) is 92.4 Å². The highest BCUT2D eigenvalue weighted by molar-refractivity contribution is 7.23. The van der Waals surface area contributed by atoms with Gasteiger partial charge in [-0.25, -0.2) is 14.8 Å². The molecule has 1 aromatic carbocycles. The zero-order valence-electron chi connectivity index (χ0n) is 18.2. The molecular formula is C21H26N6O3S2. The summed E-state index contributed by atoms with van der Waals surface area (Å²) >= 11 is 3.12. The topological polar surface area (TPSA) is 83.1 Å². The minimum absolute atomic E-state index is 0.154. The first-order chi connectivity index (χ1) is 15.6. The quantitative estimate of drug-likeness (QED) is 0.622. The number of anilines is 2. The number of fused-ring (bicyclic) bond motifs is 1. The van der Waals surface area contributed by atoms with Gasteiger partial charge in [-0.1, -0.05) is 11.3 Å². The summed E-state index contributed by atoms with van der Waals surface area (Å²) in [5, 5.41) is 6.64. The maximum Gasteiger partial charge on any atom is 0.323 e. The lowest BCUT2D eigenvalue weighted by atomic mass is 10.1. The van der Waals surface area contributed by atoms with Crippen molar-refractivity contribution in [1.82, 2.24) is 19.8 Å². The van der Waals surface area contributed by atoms with Gasteiger partial charge in [0, 0.05) is 50.2 Å². The van der Waals surface area contributed by atoms with Gasteiger partial charge in [-0.2, -0.15) is 0 Å². The number of carbonyl (C=O) groups excluding carboxylic acids is 1. The Kier molecular flexibility index (Phi) is 6.13. The number of nitrogens with one attached hydrogen (secondary N) is 1. The molecule has 0 saturated carbocycles. The molecule has 2 amide bonds. The van der Waals surface area contributed by atoms with Crippen molar-refractivity contribution in [1.29, 1.82) is 0 Å². The van der Waals surface area contributed by atoms with Crippen molar-refractivity contribution < 1.29 is 14.3 Å². The number of thiazole rings is 2. The van der Waals surface area contributed by atoms with Gasteiger partial charge in [0.25, 0.3) is 0 Å². The second-order valence-electron chi connectivity index (χ2n) is 7.85. The molecule has 5 rings (SSSR count). The lowest BCUT2D eigenvalue weighted by Gasteiger charge is -2.32. The highest BCUT2D eigenvalue weighted by Crippen LogP contribution is 2.40. The Morgan fingerprint density at radius 1 is 1.12 bits per heavy atom. The van der Waals surface area contributed by atoms with Gasteiger partial charge >= 0.3 is 6.03 Å². The summed E-state index contributed by atoms with van der Waals surface area (Å²) in [6, 6.07) is 3.79. The summed E-state index contributed by atoms with van der Waals surface area (Å²) in [6.07, 6.45) is 0. The van der Waals surface area contributed by atoms with Crippen molar-refractivity contribution in [2.75, 3.05) is 76.9 Å². The van der Waals surface area contributed by atoms with E-state index in [9.17, 15) is 4.79 Å². The second kappa shape index (κ2) is 9.18. The molecule has 0 unspecified atom stereocenters. The van der Waals surface area contributed by atoms with E-state index in [0.717, 1.165) is 52.8 Å². The molecule has 170 valence electrons. The van der Waals surface area contributed by atoms with Crippen LogP contribution in [0.3, 0.4) is 0 Å². The van der Waals surface area contributed by atoms with E-state index in [0.29, 0.717) is 37.2 Å². The van der Waals surface area contributed by atoms with Crippen LogP contribution in [0.5, 0.6) is 5.75 Å². The maximum absolute atomic E-state index is 12.6. The molecule has 11 heteroatoms. The minimum Gasteiger partial charge on any atom is -0.494 e. The molecule has 2 aromatic heterocycles. The van der Waals surface area contributed by atoms with Crippen LogP contribution in [0.15, 0.2) is 17.5 Å². The highest BCUT2D eigenvalue weighted by Gasteiger charge is 2.22. The summed E-state index contributed by atoms with van der Waals surface area (Å²) in [5.41, 5.74) is 2.66. The van der Waals surface area contributed by atoms with E-state index in [1.807, 2.05) is 12.1 Å². The van der Waals surface area contributed by atoms with Crippen molar-refractivity contribution >= 4 is 49.2 Å². The molecule has 2 saturated heterocycles. The number of ether oxygens (including phenoxy) is 2. The van der Waals surface area contributed by atoms with E-state index in [1.54, 1.807) is 23.3 Å². The number of benzene rings is 1. The summed E-state index contributed by atoms with van der Waals surface area (Å²) in [7, 11) is 3.78. The summed E-state index contributed by atoms with van der Waals surface area (Å²) in [6.45, 7) is 6.35. The lowest BCUT2D eigenvalue weighted by Crippen LogP contribution is -2.44. The Balaban J connectivity index is 1.43. The Labute approximate surface area is 194 Å². The zero-order valence-corrected chi connectivity index (χ0v) is 19.8. The Bertz CT molecular complexity index is 1100. The summed E-state index contributed by atoms with van der Waals surface area (Å²) < 4.78 is 11.8. The van der Waals surface area contributed by atoms with Crippen molar-refractivity contribution in [2.45, 2.75) is 0 Å². The molecule has 0 atom stereocenters. The molecule has 2 aliphatic heterocycles. The molecular weight excluding hydrogens is 448 g/mol. The number of likely N-dealkylation sites (N-methyl/N-ethyl adjacent to an activating group) is 1. The van der Waals surface area contributed by atoms with Crippen LogP contribution in [-0.2, 0) is 4.74 Å². The van der Waals surface area contributed by atoms with Crippen molar-refractivity contribution in [3.8, 4) is 17.0 Å². The summed E-state index contributed by atoms with van der Waals surface area (Å²) in [4.78, 5) is 28.7. The Morgan fingerprint density at radius 3 is 2.66 bits per heavy atom. The van der Waals surface area contributed by atoms with Crippen LogP contribution in [0, 0.1) is 0 Å². The number of morpholine rings is 1. The normalized spacial score (nSPS) is 17.7. The SMILES string of the molecule is COc1ccc(-c2csc(N3CCN(C)CC3)n2)c2sc(NC(=O)N3CCOCC3)nc12. The van der Waals surface area contributed by atoms with Crippen LogP contribution in [0.2, 0.25) is 0 Å². The third-order valence-electron chi connectivity index (χ3n) is 5.78. The predicted molar refractivity (Wildman–Crippen MR) is 128 cm³/mol. The molecule has 0 aliphatic carbocycles. The molecule has 0 bridgehead atoms. The summed E-state index contributed by atoms with van der Waals surface area (Å²) in [5.74, 6) is 0.682. The van der Waals surface area contributed by atoms with Crippen molar-refractivity contribution in [3.63, 3.8) is 0 Å². The van der Waals surface area contributed by atoms with Gasteiger partial charge in [-0.15, -0.1) is 11.3 Å². The molecule has 32 heavy (non-hydrogen) atoms.